The summed E-state index contributed by atoms with van der Waals surface area (Å²) in [4.78, 5) is 23.5. The molecule has 0 unspecified atom stereocenters. The third-order valence-corrected chi connectivity index (χ3v) is 4.39. The van der Waals surface area contributed by atoms with E-state index in [9.17, 15) is 9.59 Å². The van der Waals surface area contributed by atoms with Crippen molar-refractivity contribution in [2.45, 2.75) is 38.6 Å². The Morgan fingerprint density at radius 3 is 2.17 bits per heavy atom. The molecule has 0 bridgehead atoms. The molecule has 1 amide bonds. The SMILES string of the molecule is COc1cc(C)c(C(=O)NC2CCC(C(=O)O)CC2)cc1OC. The van der Waals surface area contributed by atoms with Gasteiger partial charge in [0.25, 0.3) is 5.91 Å². The molecule has 1 saturated carbocycles. The number of carbonyl (C=O) groups is 2. The third-order valence-electron chi connectivity index (χ3n) is 4.39. The Bertz CT molecular complexity index is 591. The Balaban J connectivity index is 2.05. The first-order valence-corrected chi connectivity index (χ1v) is 7.72. The maximum Gasteiger partial charge on any atom is 0.306 e. The molecule has 0 aromatic heterocycles. The zero-order valence-corrected chi connectivity index (χ0v) is 13.7. The van der Waals surface area contributed by atoms with Crippen LogP contribution < -0.4 is 14.8 Å². The Morgan fingerprint density at radius 2 is 1.65 bits per heavy atom. The molecule has 1 fully saturated rings. The van der Waals surface area contributed by atoms with Gasteiger partial charge in [0.1, 0.15) is 0 Å². The van der Waals surface area contributed by atoms with Crippen LogP contribution in [0.3, 0.4) is 0 Å². The lowest BCUT2D eigenvalue weighted by Gasteiger charge is -2.27. The molecule has 0 radical (unpaired) electrons. The largest absolute Gasteiger partial charge is 0.493 e. The smallest absolute Gasteiger partial charge is 0.306 e. The van der Waals surface area contributed by atoms with Gasteiger partial charge in [0.15, 0.2) is 11.5 Å². The summed E-state index contributed by atoms with van der Waals surface area (Å²) in [7, 11) is 3.08. The highest BCUT2D eigenvalue weighted by Crippen LogP contribution is 2.31. The van der Waals surface area contributed by atoms with E-state index in [0.29, 0.717) is 42.7 Å². The summed E-state index contributed by atoms with van der Waals surface area (Å²) in [5.41, 5.74) is 1.35. The van der Waals surface area contributed by atoms with Crippen LogP contribution in [0.4, 0.5) is 0 Å². The quantitative estimate of drug-likeness (QED) is 0.870. The highest BCUT2D eigenvalue weighted by molar-refractivity contribution is 5.96. The van der Waals surface area contributed by atoms with E-state index < -0.39 is 5.97 Å². The van der Waals surface area contributed by atoms with Crippen LogP contribution in [0.1, 0.15) is 41.6 Å². The van der Waals surface area contributed by atoms with Crippen molar-refractivity contribution in [1.82, 2.24) is 5.32 Å². The van der Waals surface area contributed by atoms with E-state index in [0.717, 1.165) is 5.56 Å². The number of hydrogen-bond donors (Lipinski definition) is 2. The van der Waals surface area contributed by atoms with Gasteiger partial charge in [-0.15, -0.1) is 0 Å². The summed E-state index contributed by atoms with van der Waals surface area (Å²) in [6.45, 7) is 1.85. The minimum Gasteiger partial charge on any atom is -0.493 e. The van der Waals surface area contributed by atoms with E-state index in [-0.39, 0.29) is 17.9 Å². The molecule has 0 atom stereocenters. The van der Waals surface area contributed by atoms with Crippen LogP contribution in [0, 0.1) is 12.8 Å². The molecular weight excluding hydrogens is 298 g/mol. The van der Waals surface area contributed by atoms with Crippen molar-refractivity contribution in [3.8, 4) is 11.5 Å². The van der Waals surface area contributed by atoms with Gasteiger partial charge >= 0.3 is 5.97 Å². The van der Waals surface area contributed by atoms with Crippen LogP contribution in [-0.4, -0.2) is 37.2 Å². The van der Waals surface area contributed by atoms with Crippen LogP contribution in [0.5, 0.6) is 11.5 Å². The summed E-state index contributed by atoms with van der Waals surface area (Å²) in [5, 5.41) is 12.0. The maximum atomic E-state index is 12.5. The fraction of sp³-hybridized carbons (Fsp3) is 0.529. The van der Waals surface area contributed by atoms with Gasteiger partial charge in [0.2, 0.25) is 0 Å². The number of benzene rings is 1. The second kappa shape index (κ2) is 7.35. The lowest BCUT2D eigenvalue weighted by atomic mass is 9.86. The first kappa shape index (κ1) is 17.1. The summed E-state index contributed by atoms with van der Waals surface area (Å²) < 4.78 is 10.5. The highest BCUT2D eigenvalue weighted by Gasteiger charge is 2.27. The molecule has 126 valence electrons. The van der Waals surface area contributed by atoms with Gasteiger partial charge in [-0.05, 0) is 50.3 Å². The second-order valence-electron chi connectivity index (χ2n) is 5.88. The summed E-state index contributed by atoms with van der Waals surface area (Å²) >= 11 is 0. The number of rotatable bonds is 5. The molecule has 23 heavy (non-hydrogen) atoms. The van der Waals surface area contributed by atoms with E-state index in [1.807, 2.05) is 6.92 Å². The average molecular weight is 321 g/mol. The van der Waals surface area contributed by atoms with Crippen molar-refractivity contribution in [2.75, 3.05) is 14.2 Å². The molecule has 0 aliphatic heterocycles. The van der Waals surface area contributed by atoms with Gasteiger partial charge in [0.05, 0.1) is 20.1 Å². The Hall–Kier alpha value is -2.24. The molecule has 6 nitrogen and oxygen atoms in total. The molecule has 1 aromatic rings. The Kier molecular flexibility index (Phi) is 5.47. The molecule has 1 aliphatic rings. The van der Waals surface area contributed by atoms with Crippen molar-refractivity contribution in [1.29, 1.82) is 0 Å². The minimum atomic E-state index is -0.745. The number of ether oxygens (including phenoxy) is 2. The maximum absolute atomic E-state index is 12.5. The summed E-state index contributed by atoms with van der Waals surface area (Å²) in [5.74, 6) is -0.0972. The number of nitrogens with one attached hydrogen (secondary N) is 1. The minimum absolute atomic E-state index is 0.0191. The zero-order chi connectivity index (χ0) is 17.0. The number of carboxylic acids is 1. The number of carbonyl (C=O) groups excluding carboxylic acids is 1. The molecule has 6 heteroatoms. The number of hydrogen-bond acceptors (Lipinski definition) is 4. The second-order valence-corrected chi connectivity index (χ2v) is 5.88. The van der Waals surface area contributed by atoms with E-state index in [1.54, 1.807) is 19.2 Å². The van der Waals surface area contributed by atoms with Gasteiger partial charge in [-0.3, -0.25) is 9.59 Å². The van der Waals surface area contributed by atoms with Crippen molar-refractivity contribution in [2.24, 2.45) is 5.92 Å². The van der Waals surface area contributed by atoms with Gasteiger partial charge < -0.3 is 19.9 Å². The van der Waals surface area contributed by atoms with Crippen LogP contribution in [0.2, 0.25) is 0 Å². The molecule has 0 spiro atoms. The molecule has 2 rings (SSSR count). The van der Waals surface area contributed by atoms with Crippen molar-refractivity contribution >= 4 is 11.9 Å². The fourth-order valence-corrected chi connectivity index (χ4v) is 2.97. The van der Waals surface area contributed by atoms with Crippen molar-refractivity contribution in [3.63, 3.8) is 0 Å². The van der Waals surface area contributed by atoms with Crippen molar-refractivity contribution in [3.05, 3.63) is 23.3 Å². The number of carboxylic acid groups (broad SMARTS) is 1. The van der Waals surface area contributed by atoms with E-state index in [4.69, 9.17) is 14.6 Å². The fourth-order valence-electron chi connectivity index (χ4n) is 2.97. The average Bonchev–Trinajstić information content (AvgIpc) is 2.54. The Labute approximate surface area is 135 Å². The van der Waals surface area contributed by atoms with E-state index >= 15 is 0 Å². The van der Waals surface area contributed by atoms with Crippen LogP contribution in [0.15, 0.2) is 12.1 Å². The number of methoxy groups -OCH3 is 2. The summed E-state index contributed by atoms with van der Waals surface area (Å²) in [6.07, 6.45) is 2.58. The van der Waals surface area contributed by atoms with Crippen LogP contribution in [-0.2, 0) is 4.79 Å². The number of aliphatic carboxylic acids is 1. The first-order chi connectivity index (χ1) is 11.0. The van der Waals surface area contributed by atoms with Gasteiger partial charge in [-0.25, -0.2) is 0 Å². The predicted molar refractivity (Wildman–Crippen MR) is 85.1 cm³/mol. The van der Waals surface area contributed by atoms with Crippen LogP contribution >= 0.6 is 0 Å². The third kappa shape index (κ3) is 3.94. The van der Waals surface area contributed by atoms with Gasteiger partial charge in [-0.1, -0.05) is 0 Å². The Morgan fingerprint density at radius 1 is 1.09 bits per heavy atom. The topological polar surface area (TPSA) is 84.9 Å². The van der Waals surface area contributed by atoms with Gasteiger partial charge in [0, 0.05) is 11.6 Å². The normalized spacial score (nSPS) is 20.7. The van der Waals surface area contributed by atoms with E-state index in [1.165, 1.54) is 7.11 Å². The standard InChI is InChI=1S/C17H23NO5/c1-10-8-14(22-2)15(23-3)9-13(10)16(19)18-12-6-4-11(5-7-12)17(20)21/h8-9,11-12H,4-7H2,1-3H3,(H,18,19)(H,20,21). The lowest BCUT2D eigenvalue weighted by molar-refractivity contribution is -0.142. The van der Waals surface area contributed by atoms with Crippen molar-refractivity contribution < 1.29 is 24.2 Å². The van der Waals surface area contributed by atoms with Crippen LogP contribution in [0.25, 0.3) is 0 Å². The zero-order valence-electron chi connectivity index (χ0n) is 13.7. The molecule has 0 saturated heterocycles. The highest BCUT2D eigenvalue weighted by atomic mass is 16.5. The summed E-state index contributed by atoms with van der Waals surface area (Å²) in [6, 6.07) is 3.46. The first-order valence-electron chi connectivity index (χ1n) is 7.72. The monoisotopic (exact) mass is 321 g/mol. The molecule has 1 aliphatic carbocycles. The van der Waals surface area contributed by atoms with Gasteiger partial charge in [-0.2, -0.15) is 0 Å². The molecule has 0 heterocycles. The lowest BCUT2D eigenvalue weighted by Crippen LogP contribution is -2.39. The molecule has 2 N–H and O–H groups in total. The number of amides is 1. The molecular formula is C17H23NO5. The molecule has 1 aromatic carbocycles. The number of aryl methyl sites for hydroxylation is 1. The predicted octanol–water partition coefficient (Wildman–Crippen LogP) is 2.39. The van der Waals surface area contributed by atoms with E-state index in [2.05, 4.69) is 5.32 Å².